The largest absolute Gasteiger partial charge is 0.392 e. The number of nitro groups is 1. The minimum Gasteiger partial charge on any atom is -0.392 e. The topological polar surface area (TPSA) is 112 Å². The number of aliphatic hydroxyl groups excluding tert-OH is 2. The highest BCUT2D eigenvalue weighted by Gasteiger charge is 2.12. The van der Waals surface area contributed by atoms with Crippen LogP contribution in [0, 0.1) is 10.1 Å². The Labute approximate surface area is 161 Å². The molecule has 0 amide bonds. The molecule has 0 radical (unpaired) electrons. The Hall–Kier alpha value is -2.55. The van der Waals surface area contributed by atoms with E-state index in [1.807, 2.05) is 17.0 Å². The van der Waals surface area contributed by atoms with E-state index in [1.54, 1.807) is 26.0 Å². The number of nitro benzene ring substituents is 1. The van der Waals surface area contributed by atoms with E-state index >= 15 is 0 Å². The number of azo groups is 1. The van der Waals surface area contributed by atoms with E-state index in [2.05, 4.69) is 10.2 Å². The van der Waals surface area contributed by atoms with Crippen LogP contribution >= 0.6 is 11.6 Å². The highest BCUT2D eigenvalue weighted by atomic mass is 35.5. The van der Waals surface area contributed by atoms with Gasteiger partial charge in [-0.15, -0.1) is 5.11 Å². The highest BCUT2D eigenvalue weighted by molar-refractivity contribution is 6.33. The molecule has 2 aromatic carbocycles. The van der Waals surface area contributed by atoms with Gasteiger partial charge in [-0.2, -0.15) is 5.11 Å². The van der Waals surface area contributed by atoms with Crippen molar-refractivity contribution in [3.8, 4) is 0 Å². The van der Waals surface area contributed by atoms with Gasteiger partial charge in [-0.1, -0.05) is 11.6 Å². The van der Waals surface area contributed by atoms with Crippen LogP contribution in [0.3, 0.4) is 0 Å². The molecular weight excluding hydrogens is 372 g/mol. The standard InChI is InChI=1S/C18H21ClN4O4/c1-12(24)10-22(11-13(2)25)15-5-3-14(4-6-15)20-21-18-8-7-16(23(26)27)9-17(18)19/h3-9,12-13,24-25H,10-11H2,1-2H3. The average Bonchev–Trinajstić information content (AvgIpc) is 2.59. The van der Waals surface area contributed by atoms with Gasteiger partial charge in [0.2, 0.25) is 0 Å². The molecule has 0 aliphatic heterocycles. The number of non-ortho nitro benzene ring substituents is 1. The summed E-state index contributed by atoms with van der Waals surface area (Å²) in [5.74, 6) is 0. The summed E-state index contributed by atoms with van der Waals surface area (Å²) in [5, 5.41) is 38.2. The van der Waals surface area contributed by atoms with Gasteiger partial charge >= 0.3 is 0 Å². The third-order valence-electron chi connectivity index (χ3n) is 3.60. The molecule has 0 saturated heterocycles. The Balaban J connectivity index is 2.14. The zero-order valence-electron chi connectivity index (χ0n) is 15.0. The molecule has 8 nitrogen and oxygen atoms in total. The predicted octanol–water partition coefficient (Wildman–Crippen LogP) is 4.23. The fourth-order valence-electron chi connectivity index (χ4n) is 2.46. The summed E-state index contributed by atoms with van der Waals surface area (Å²) < 4.78 is 0. The molecule has 27 heavy (non-hydrogen) atoms. The second kappa shape index (κ2) is 9.40. The van der Waals surface area contributed by atoms with Crippen molar-refractivity contribution in [1.29, 1.82) is 0 Å². The van der Waals surface area contributed by atoms with Crippen molar-refractivity contribution in [2.45, 2.75) is 26.1 Å². The van der Waals surface area contributed by atoms with Crippen molar-refractivity contribution >= 4 is 34.4 Å². The molecule has 2 aromatic rings. The van der Waals surface area contributed by atoms with Gasteiger partial charge in [-0.05, 0) is 44.2 Å². The van der Waals surface area contributed by atoms with Crippen molar-refractivity contribution < 1.29 is 15.1 Å². The summed E-state index contributed by atoms with van der Waals surface area (Å²) in [6.45, 7) is 4.16. The van der Waals surface area contributed by atoms with Crippen LogP contribution < -0.4 is 4.90 Å². The molecule has 2 N–H and O–H groups in total. The first-order valence-electron chi connectivity index (χ1n) is 8.33. The van der Waals surface area contributed by atoms with Gasteiger partial charge in [-0.25, -0.2) is 0 Å². The van der Waals surface area contributed by atoms with Crippen molar-refractivity contribution in [3.05, 3.63) is 57.6 Å². The normalized spacial score (nSPS) is 13.5. The van der Waals surface area contributed by atoms with E-state index in [9.17, 15) is 20.3 Å². The first-order valence-corrected chi connectivity index (χ1v) is 8.71. The monoisotopic (exact) mass is 392 g/mol. The first-order chi connectivity index (χ1) is 12.8. The van der Waals surface area contributed by atoms with E-state index in [4.69, 9.17) is 11.6 Å². The number of aliphatic hydroxyl groups is 2. The minimum absolute atomic E-state index is 0.111. The fraction of sp³-hybridized carbons (Fsp3) is 0.333. The van der Waals surface area contributed by atoms with Crippen molar-refractivity contribution in [2.75, 3.05) is 18.0 Å². The summed E-state index contributed by atoms with van der Waals surface area (Å²) in [6.07, 6.45) is -1.07. The van der Waals surface area contributed by atoms with Gasteiger partial charge in [0, 0.05) is 30.9 Å². The Morgan fingerprint density at radius 3 is 2.15 bits per heavy atom. The second-order valence-corrected chi connectivity index (χ2v) is 6.62. The molecule has 2 atom stereocenters. The van der Waals surface area contributed by atoms with Crippen molar-refractivity contribution in [1.82, 2.24) is 0 Å². The maximum absolute atomic E-state index is 10.7. The number of nitrogens with zero attached hydrogens (tertiary/aromatic N) is 4. The molecule has 0 aliphatic carbocycles. The molecule has 0 saturated carbocycles. The lowest BCUT2D eigenvalue weighted by Crippen LogP contribution is -2.36. The lowest BCUT2D eigenvalue weighted by atomic mass is 10.2. The number of halogens is 1. The quantitative estimate of drug-likeness (QED) is 0.396. The highest BCUT2D eigenvalue weighted by Crippen LogP contribution is 2.30. The van der Waals surface area contributed by atoms with E-state index < -0.39 is 17.1 Å². The molecule has 0 fully saturated rings. The smallest absolute Gasteiger partial charge is 0.271 e. The average molecular weight is 393 g/mol. The Kier molecular flexibility index (Phi) is 7.23. The summed E-state index contributed by atoms with van der Waals surface area (Å²) in [5.41, 5.74) is 1.63. The van der Waals surface area contributed by atoms with Gasteiger partial charge in [0.15, 0.2) is 0 Å². The number of hydrogen-bond donors (Lipinski definition) is 2. The van der Waals surface area contributed by atoms with Crippen LogP contribution in [-0.2, 0) is 0 Å². The van der Waals surface area contributed by atoms with E-state index in [0.29, 0.717) is 24.5 Å². The van der Waals surface area contributed by atoms with E-state index in [-0.39, 0.29) is 10.7 Å². The van der Waals surface area contributed by atoms with Crippen molar-refractivity contribution in [2.24, 2.45) is 10.2 Å². The summed E-state index contributed by atoms with van der Waals surface area (Å²) in [6, 6.07) is 11.1. The van der Waals surface area contributed by atoms with Crippen LogP contribution in [0.1, 0.15) is 13.8 Å². The zero-order valence-corrected chi connectivity index (χ0v) is 15.7. The molecule has 2 rings (SSSR count). The Bertz CT molecular complexity index is 800. The SMILES string of the molecule is CC(O)CN(CC(C)O)c1ccc(N=Nc2ccc([N+](=O)[O-])cc2Cl)cc1. The molecule has 0 aliphatic rings. The molecule has 9 heteroatoms. The van der Waals surface area contributed by atoms with E-state index in [0.717, 1.165) is 5.69 Å². The van der Waals surface area contributed by atoms with Crippen LogP contribution in [0.25, 0.3) is 0 Å². The molecule has 144 valence electrons. The molecule has 0 bridgehead atoms. The Morgan fingerprint density at radius 1 is 1.07 bits per heavy atom. The van der Waals surface area contributed by atoms with Crippen LogP contribution in [0.15, 0.2) is 52.7 Å². The molecule has 2 unspecified atom stereocenters. The van der Waals surface area contributed by atoms with Crippen LogP contribution in [0.4, 0.5) is 22.7 Å². The third kappa shape index (κ3) is 6.28. The van der Waals surface area contributed by atoms with Gasteiger partial charge < -0.3 is 15.1 Å². The van der Waals surface area contributed by atoms with Gasteiger partial charge in [0.05, 0.1) is 27.8 Å². The predicted molar refractivity (Wildman–Crippen MR) is 104 cm³/mol. The molecule has 0 heterocycles. The van der Waals surface area contributed by atoms with Gasteiger partial charge in [0.1, 0.15) is 5.69 Å². The fourth-order valence-corrected chi connectivity index (χ4v) is 2.67. The van der Waals surface area contributed by atoms with Crippen LogP contribution in [0.5, 0.6) is 0 Å². The van der Waals surface area contributed by atoms with Crippen LogP contribution in [0.2, 0.25) is 5.02 Å². The summed E-state index contributed by atoms with van der Waals surface area (Å²) in [7, 11) is 0. The summed E-state index contributed by atoms with van der Waals surface area (Å²) >= 11 is 5.99. The minimum atomic E-state index is -0.535. The number of rotatable bonds is 8. The number of benzene rings is 2. The molecule has 0 aromatic heterocycles. The van der Waals surface area contributed by atoms with Crippen LogP contribution in [-0.4, -0.2) is 40.4 Å². The molecule has 0 spiro atoms. The second-order valence-electron chi connectivity index (χ2n) is 6.21. The molecular formula is C18H21ClN4O4. The number of anilines is 1. The first kappa shape index (κ1) is 20.8. The Morgan fingerprint density at radius 2 is 1.67 bits per heavy atom. The lowest BCUT2D eigenvalue weighted by Gasteiger charge is -2.27. The third-order valence-corrected chi connectivity index (χ3v) is 3.90. The number of hydrogen-bond acceptors (Lipinski definition) is 7. The van der Waals surface area contributed by atoms with Crippen molar-refractivity contribution in [3.63, 3.8) is 0 Å². The zero-order chi connectivity index (χ0) is 20.0. The van der Waals surface area contributed by atoms with Gasteiger partial charge in [0.25, 0.3) is 5.69 Å². The maximum atomic E-state index is 10.7. The lowest BCUT2D eigenvalue weighted by molar-refractivity contribution is -0.384. The maximum Gasteiger partial charge on any atom is 0.271 e. The summed E-state index contributed by atoms with van der Waals surface area (Å²) in [4.78, 5) is 12.1. The van der Waals surface area contributed by atoms with Gasteiger partial charge in [-0.3, -0.25) is 10.1 Å². The van der Waals surface area contributed by atoms with E-state index in [1.165, 1.54) is 18.2 Å².